The summed E-state index contributed by atoms with van der Waals surface area (Å²) in [6.07, 6.45) is 2.64. The van der Waals surface area contributed by atoms with Crippen molar-refractivity contribution in [1.82, 2.24) is 10.2 Å². The summed E-state index contributed by atoms with van der Waals surface area (Å²) in [7, 11) is -3.57. The number of nitrogens with zero attached hydrogens (tertiary/aromatic N) is 2. The molecule has 0 heterocycles. The van der Waals surface area contributed by atoms with Gasteiger partial charge in [0, 0.05) is 32.5 Å². The van der Waals surface area contributed by atoms with Crippen LogP contribution in [0.25, 0.3) is 0 Å². The molecule has 0 saturated carbocycles. The lowest BCUT2D eigenvalue weighted by Gasteiger charge is -2.32. The topological polar surface area (TPSA) is 86.8 Å². The molecule has 3 aromatic carbocycles. The van der Waals surface area contributed by atoms with Gasteiger partial charge in [-0.05, 0) is 60.7 Å². The monoisotopic (exact) mass is 617 g/mol. The van der Waals surface area contributed by atoms with Crippen LogP contribution in [0.2, 0.25) is 10.0 Å². The lowest BCUT2D eigenvalue weighted by Crippen LogP contribution is -2.50. The molecule has 220 valence electrons. The van der Waals surface area contributed by atoms with Crippen LogP contribution in [-0.4, -0.2) is 50.5 Å². The van der Waals surface area contributed by atoms with Gasteiger partial charge >= 0.3 is 0 Å². The van der Waals surface area contributed by atoms with Crippen LogP contribution in [0.3, 0.4) is 0 Å². The second-order valence-electron chi connectivity index (χ2n) is 9.83. The van der Waals surface area contributed by atoms with E-state index in [0.29, 0.717) is 28.7 Å². The molecule has 41 heavy (non-hydrogen) atoms. The average Bonchev–Trinajstić information content (AvgIpc) is 2.95. The zero-order valence-electron chi connectivity index (χ0n) is 23.6. The number of benzene rings is 3. The van der Waals surface area contributed by atoms with Gasteiger partial charge in [0.2, 0.25) is 21.8 Å². The Morgan fingerprint density at radius 1 is 0.878 bits per heavy atom. The van der Waals surface area contributed by atoms with Gasteiger partial charge in [0.1, 0.15) is 6.04 Å². The van der Waals surface area contributed by atoms with Crippen LogP contribution in [0, 0.1) is 0 Å². The molecule has 0 bridgehead atoms. The average molecular weight is 619 g/mol. The zero-order chi connectivity index (χ0) is 30.0. The van der Waals surface area contributed by atoms with E-state index in [1.165, 1.54) is 4.31 Å². The molecule has 0 unspecified atom stereocenters. The van der Waals surface area contributed by atoms with Gasteiger partial charge in [-0.2, -0.15) is 0 Å². The second kappa shape index (κ2) is 15.2. The molecule has 0 aromatic heterocycles. The van der Waals surface area contributed by atoms with Gasteiger partial charge in [-0.15, -0.1) is 0 Å². The standard InChI is InChI=1S/C31H37Cl2N3O4S/c1-4-23-13-16-26(17-14-23)36(41(3,39)40)19-9-12-30(37)35(22-25-15-18-27(32)28(33)20-25)29(31(38)34-5-2)21-24-10-7-6-8-11-24/h6-8,10-11,13-18,20,29H,4-5,9,12,19,21-22H2,1-3H3,(H,34,38)/t29-/m0/s1. The fraction of sp³-hybridized carbons (Fsp3) is 0.355. The fourth-order valence-electron chi connectivity index (χ4n) is 4.58. The number of halogens is 2. The predicted molar refractivity (Wildman–Crippen MR) is 167 cm³/mol. The van der Waals surface area contributed by atoms with Crippen molar-refractivity contribution in [3.8, 4) is 0 Å². The molecule has 3 aromatic rings. The highest BCUT2D eigenvalue weighted by Crippen LogP contribution is 2.25. The second-order valence-corrected chi connectivity index (χ2v) is 12.6. The van der Waals surface area contributed by atoms with E-state index in [2.05, 4.69) is 5.32 Å². The van der Waals surface area contributed by atoms with Crippen molar-refractivity contribution in [3.63, 3.8) is 0 Å². The number of sulfonamides is 1. The van der Waals surface area contributed by atoms with Crippen LogP contribution in [0.1, 0.15) is 43.4 Å². The van der Waals surface area contributed by atoms with Crippen molar-refractivity contribution in [2.75, 3.05) is 23.7 Å². The van der Waals surface area contributed by atoms with E-state index in [1.807, 2.05) is 56.3 Å². The summed E-state index contributed by atoms with van der Waals surface area (Å²) in [5.41, 5.74) is 3.29. The molecule has 2 amide bonds. The van der Waals surface area contributed by atoms with Crippen molar-refractivity contribution in [2.45, 2.75) is 52.1 Å². The molecule has 0 spiro atoms. The van der Waals surface area contributed by atoms with Gasteiger partial charge in [0.15, 0.2) is 0 Å². The number of hydrogen-bond acceptors (Lipinski definition) is 4. The zero-order valence-corrected chi connectivity index (χ0v) is 26.0. The molecule has 10 heteroatoms. The third kappa shape index (κ3) is 9.48. The van der Waals surface area contributed by atoms with Crippen LogP contribution in [0.15, 0.2) is 72.8 Å². The summed E-state index contributed by atoms with van der Waals surface area (Å²) in [5, 5.41) is 3.61. The normalized spacial score (nSPS) is 12.0. The summed E-state index contributed by atoms with van der Waals surface area (Å²) in [4.78, 5) is 28.7. The highest BCUT2D eigenvalue weighted by molar-refractivity contribution is 7.92. The maximum atomic E-state index is 13.8. The van der Waals surface area contributed by atoms with E-state index in [-0.39, 0.29) is 37.7 Å². The third-order valence-electron chi connectivity index (χ3n) is 6.74. The SMILES string of the molecule is CCNC(=O)[C@H](Cc1ccccc1)N(Cc1ccc(Cl)c(Cl)c1)C(=O)CCCN(c1ccc(CC)cc1)S(C)(=O)=O. The predicted octanol–water partition coefficient (Wildman–Crippen LogP) is 5.88. The van der Waals surface area contributed by atoms with Gasteiger partial charge < -0.3 is 10.2 Å². The van der Waals surface area contributed by atoms with Crippen LogP contribution in [0.4, 0.5) is 5.69 Å². The van der Waals surface area contributed by atoms with Crippen molar-refractivity contribution in [1.29, 1.82) is 0 Å². The van der Waals surface area contributed by atoms with Crippen molar-refractivity contribution in [2.24, 2.45) is 0 Å². The number of anilines is 1. The molecule has 0 aliphatic rings. The number of rotatable bonds is 14. The Morgan fingerprint density at radius 3 is 2.12 bits per heavy atom. The van der Waals surface area contributed by atoms with Gasteiger partial charge in [-0.3, -0.25) is 13.9 Å². The number of nitrogens with one attached hydrogen (secondary N) is 1. The third-order valence-corrected chi connectivity index (χ3v) is 8.68. The van der Waals surface area contributed by atoms with Crippen LogP contribution in [-0.2, 0) is 39.0 Å². The minimum atomic E-state index is -3.57. The highest BCUT2D eigenvalue weighted by Gasteiger charge is 2.30. The number of carbonyl (C=O) groups excluding carboxylic acids is 2. The molecule has 3 rings (SSSR count). The number of carbonyl (C=O) groups is 2. The van der Waals surface area contributed by atoms with Crippen LogP contribution < -0.4 is 9.62 Å². The Labute approximate surface area is 253 Å². The maximum absolute atomic E-state index is 13.8. The number of likely N-dealkylation sites (N-methyl/N-ethyl adjacent to an activating group) is 1. The molecular weight excluding hydrogens is 581 g/mol. The number of aryl methyl sites for hydroxylation is 1. The molecule has 7 nitrogen and oxygen atoms in total. The van der Waals surface area contributed by atoms with E-state index in [4.69, 9.17) is 23.2 Å². The van der Waals surface area contributed by atoms with Crippen LogP contribution >= 0.6 is 23.2 Å². The Bertz CT molecular complexity index is 1420. The Balaban J connectivity index is 1.87. The Morgan fingerprint density at radius 2 is 1.54 bits per heavy atom. The summed E-state index contributed by atoms with van der Waals surface area (Å²) >= 11 is 12.4. The van der Waals surface area contributed by atoms with Crippen molar-refractivity contribution >= 4 is 50.7 Å². The molecule has 0 saturated heterocycles. The Hall–Kier alpha value is -3.07. The van der Waals surface area contributed by atoms with Gasteiger partial charge in [0.05, 0.1) is 22.0 Å². The first-order valence-electron chi connectivity index (χ1n) is 13.6. The molecule has 1 N–H and O–H groups in total. The minimum absolute atomic E-state index is 0.0467. The van der Waals surface area contributed by atoms with Gasteiger partial charge in [-0.1, -0.05) is 78.7 Å². The maximum Gasteiger partial charge on any atom is 0.243 e. The molecule has 0 radical (unpaired) electrons. The molecule has 0 aliphatic heterocycles. The molecule has 0 aliphatic carbocycles. The Kier molecular flexibility index (Phi) is 12.1. The first kappa shape index (κ1) is 32.4. The summed E-state index contributed by atoms with van der Waals surface area (Å²) in [6, 6.07) is 21.2. The fourth-order valence-corrected chi connectivity index (χ4v) is 5.87. The summed E-state index contributed by atoms with van der Waals surface area (Å²) in [5.74, 6) is -0.531. The lowest BCUT2D eigenvalue weighted by molar-refractivity contribution is -0.141. The summed E-state index contributed by atoms with van der Waals surface area (Å²) < 4.78 is 26.6. The summed E-state index contributed by atoms with van der Waals surface area (Å²) in [6.45, 7) is 4.54. The first-order valence-corrected chi connectivity index (χ1v) is 16.3. The molecular formula is C31H37Cl2N3O4S. The van der Waals surface area contributed by atoms with Gasteiger partial charge in [0.25, 0.3) is 0 Å². The number of amides is 2. The highest BCUT2D eigenvalue weighted by atomic mass is 35.5. The van der Waals surface area contributed by atoms with Crippen LogP contribution in [0.5, 0.6) is 0 Å². The van der Waals surface area contributed by atoms with Crippen molar-refractivity contribution < 1.29 is 18.0 Å². The van der Waals surface area contributed by atoms with E-state index < -0.39 is 16.1 Å². The minimum Gasteiger partial charge on any atom is -0.355 e. The quantitative estimate of drug-likeness (QED) is 0.245. The van der Waals surface area contributed by atoms with Gasteiger partial charge in [-0.25, -0.2) is 8.42 Å². The van der Waals surface area contributed by atoms with E-state index in [9.17, 15) is 18.0 Å². The van der Waals surface area contributed by atoms with E-state index in [0.717, 1.165) is 29.4 Å². The van der Waals surface area contributed by atoms with E-state index in [1.54, 1.807) is 35.2 Å². The number of hydrogen-bond donors (Lipinski definition) is 1. The molecule has 1 atom stereocenters. The molecule has 0 fully saturated rings. The largest absolute Gasteiger partial charge is 0.355 e. The van der Waals surface area contributed by atoms with Crippen molar-refractivity contribution in [3.05, 3.63) is 99.5 Å². The smallest absolute Gasteiger partial charge is 0.243 e. The van der Waals surface area contributed by atoms with E-state index >= 15 is 0 Å². The first-order chi connectivity index (χ1) is 19.5. The lowest BCUT2D eigenvalue weighted by atomic mass is 10.0.